The van der Waals surface area contributed by atoms with Gasteiger partial charge in [-0.3, -0.25) is 14.5 Å². The number of carbonyl (C=O) groups excluding carboxylic acids is 2. The molecule has 1 saturated carbocycles. The molecule has 1 atom stereocenters. The Hall–Kier alpha value is -4.47. The highest BCUT2D eigenvalue weighted by Crippen LogP contribution is 2.36. The number of nitrogens with zero attached hydrogens (tertiary/aromatic N) is 4. The lowest BCUT2D eigenvalue weighted by Crippen LogP contribution is -2.47. The molecule has 0 spiro atoms. The van der Waals surface area contributed by atoms with Gasteiger partial charge in [0, 0.05) is 23.4 Å². The van der Waals surface area contributed by atoms with Crippen molar-refractivity contribution >= 4 is 28.5 Å². The van der Waals surface area contributed by atoms with E-state index in [-0.39, 0.29) is 24.2 Å². The molecule has 1 aliphatic rings. The summed E-state index contributed by atoms with van der Waals surface area (Å²) in [6.07, 6.45) is 3.76. The summed E-state index contributed by atoms with van der Waals surface area (Å²) in [7, 11) is 3.02. The zero-order valence-electron chi connectivity index (χ0n) is 21.8. The van der Waals surface area contributed by atoms with Gasteiger partial charge in [-0.15, -0.1) is 5.10 Å². The second-order valence-electron chi connectivity index (χ2n) is 9.48. The number of fused-ring (bicyclic) bond motifs is 1. The van der Waals surface area contributed by atoms with Crippen LogP contribution in [-0.2, 0) is 16.1 Å². The Kier molecular flexibility index (Phi) is 7.72. The molecule has 1 aromatic heterocycles. The Labute approximate surface area is 225 Å². The van der Waals surface area contributed by atoms with E-state index in [0.717, 1.165) is 25.7 Å². The quantitative estimate of drug-likeness (QED) is 0.343. The molecule has 1 heterocycles. The number of ether oxygens (including phenoxy) is 2. The van der Waals surface area contributed by atoms with Gasteiger partial charge in [0.2, 0.25) is 11.8 Å². The Morgan fingerprint density at radius 1 is 1.05 bits per heavy atom. The second-order valence-corrected chi connectivity index (χ2v) is 9.48. The number of benzene rings is 3. The lowest BCUT2D eigenvalue weighted by atomic mass is 10.0. The fourth-order valence-electron chi connectivity index (χ4n) is 5.09. The predicted molar refractivity (Wildman–Crippen MR) is 144 cm³/mol. The minimum Gasteiger partial charge on any atom is -0.497 e. The van der Waals surface area contributed by atoms with Crippen LogP contribution in [0.15, 0.2) is 66.7 Å². The van der Waals surface area contributed by atoms with Crippen LogP contribution < -0.4 is 19.7 Å². The van der Waals surface area contributed by atoms with E-state index >= 15 is 0 Å². The monoisotopic (exact) mass is 531 g/mol. The summed E-state index contributed by atoms with van der Waals surface area (Å²) in [6, 6.07) is 16.8. The molecule has 0 aliphatic heterocycles. The van der Waals surface area contributed by atoms with Crippen molar-refractivity contribution in [3.8, 4) is 11.5 Å². The van der Waals surface area contributed by atoms with Crippen LogP contribution in [0.5, 0.6) is 11.5 Å². The average molecular weight is 532 g/mol. The van der Waals surface area contributed by atoms with Crippen LogP contribution in [0.3, 0.4) is 0 Å². The number of para-hydroxylation sites is 1. The SMILES string of the molecule is COc1ccc([C@H](C(=O)NC2CCCC2)N(C(=O)Cn2nnc3ccccc32)c2cccc(F)c2)c(OC)c1. The first-order valence-corrected chi connectivity index (χ1v) is 12.9. The molecule has 202 valence electrons. The minimum atomic E-state index is -1.16. The first-order valence-electron chi connectivity index (χ1n) is 12.9. The van der Waals surface area contributed by atoms with Crippen molar-refractivity contribution in [2.24, 2.45) is 0 Å². The number of hydrogen-bond donors (Lipinski definition) is 1. The molecule has 2 amide bonds. The van der Waals surface area contributed by atoms with Gasteiger partial charge in [0.15, 0.2) is 0 Å². The average Bonchev–Trinajstić information content (AvgIpc) is 3.61. The fourth-order valence-corrected chi connectivity index (χ4v) is 5.09. The number of amides is 2. The van der Waals surface area contributed by atoms with Crippen LogP contribution in [0.4, 0.5) is 10.1 Å². The molecule has 0 radical (unpaired) electrons. The number of methoxy groups -OCH3 is 2. The summed E-state index contributed by atoms with van der Waals surface area (Å²) in [5.41, 5.74) is 1.97. The summed E-state index contributed by atoms with van der Waals surface area (Å²) in [4.78, 5) is 29.4. The van der Waals surface area contributed by atoms with Crippen molar-refractivity contribution < 1.29 is 23.5 Å². The number of aromatic nitrogens is 3. The number of rotatable bonds is 9. The van der Waals surface area contributed by atoms with E-state index in [1.54, 1.807) is 30.3 Å². The van der Waals surface area contributed by atoms with Gasteiger partial charge in [0.05, 0.1) is 19.7 Å². The fraction of sp³-hybridized carbons (Fsp3) is 0.310. The normalized spacial score (nSPS) is 14.2. The molecule has 0 saturated heterocycles. The number of nitrogens with one attached hydrogen (secondary N) is 1. The molecule has 5 rings (SSSR count). The first-order chi connectivity index (χ1) is 19.0. The summed E-state index contributed by atoms with van der Waals surface area (Å²) >= 11 is 0. The van der Waals surface area contributed by atoms with Gasteiger partial charge in [0.25, 0.3) is 0 Å². The van der Waals surface area contributed by atoms with E-state index in [9.17, 15) is 14.0 Å². The highest BCUT2D eigenvalue weighted by Gasteiger charge is 2.36. The van der Waals surface area contributed by atoms with E-state index in [1.807, 2.05) is 18.2 Å². The molecule has 1 aliphatic carbocycles. The predicted octanol–water partition coefficient (Wildman–Crippen LogP) is 4.42. The van der Waals surface area contributed by atoms with E-state index in [4.69, 9.17) is 9.47 Å². The van der Waals surface area contributed by atoms with Gasteiger partial charge in [-0.25, -0.2) is 9.07 Å². The Balaban J connectivity index is 1.62. The van der Waals surface area contributed by atoms with Crippen molar-refractivity contribution in [3.05, 3.63) is 78.1 Å². The summed E-state index contributed by atoms with van der Waals surface area (Å²) in [6.45, 7) is -0.220. The lowest BCUT2D eigenvalue weighted by Gasteiger charge is -2.33. The van der Waals surface area contributed by atoms with Gasteiger partial charge in [-0.05, 0) is 55.3 Å². The maximum absolute atomic E-state index is 14.5. The molecule has 1 N–H and O–H groups in total. The van der Waals surface area contributed by atoms with Crippen molar-refractivity contribution in [3.63, 3.8) is 0 Å². The zero-order chi connectivity index (χ0) is 27.4. The highest BCUT2D eigenvalue weighted by atomic mass is 19.1. The molecule has 39 heavy (non-hydrogen) atoms. The molecule has 4 aromatic rings. The van der Waals surface area contributed by atoms with E-state index < -0.39 is 17.8 Å². The third kappa shape index (κ3) is 5.55. The highest BCUT2D eigenvalue weighted by molar-refractivity contribution is 6.02. The third-order valence-corrected chi connectivity index (χ3v) is 7.00. The maximum atomic E-state index is 14.5. The molecular weight excluding hydrogens is 501 g/mol. The van der Waals surface area contributed by atoms with Gasteiger partial charge in [0.1, 0.15) is 35.4 Å². The number of carbonyl (C=O) groups is 2. The molecule has 0 bridgehead atoms. The lowest BCUT2D eigenvalue weighted by molar-refractivity contribution is -0.127. The van der Waals surface area contributed by atoms with Crippen LogP contribution in [0.25, 0.3) is 11.0 Å². The number of halogens is 1. The van der Waals surface area contributed by atoms with E-state index in [0.29, 0.717) is 28.1 Å². The van der Waals surface area contributed by atoms with Crippen LogP contribution in [0.1, 0.15) is 37.3 Å². The summed E-state index contributed by atoms with van der Waals surface area (Å²) in [5, 5.41) is 11.4. The van der Waals surface area contributed by atoms with Crippen LogP contribution >= 0.6 is 0 Å². The molecule has 1 fully saturated rings. The summed E-state index contributed by atoms with van der Waals surface area (Å²) in [5.74, 6) is -0.495. The standard InChI is InChI=1S/C29H30FN5O4/c1-38-22-14-15-23(26(17-22)39-2)28(29(37)31-20-9-3-4-10-20)35(21-11-7-8-19(30)16-21)27(36)18-34-25-13-6-5-12-24(25)32-33-34/h5-8,11-17,20,28H,3-4,9-10,18H2,1-2H3,(H,31,37)/t28-/m1/s1. The van der Waals surface area contributed by atoms with Crippen molar-refractivity contribution in [1.29, 1.82) is 0 Å². The number of hydrogen-bond acceptors (Lipinski definition) is 6. The van der Waals surface area contributed by atoms with Crippen molar-refractivity contribution in [1.82, 2.24) is 20.3 Å². The van der Waals surface area contributed by atoms with Gasteiger partial charge in [-0.2, -0.15) is 0 Å². The van der Waals surface area contributed by atoms with Gasteiger partial charge < -0.3 is 14.8 Å². The second kappa shape index (κ2) is 11.5. The van der Waals surface area contributed by atoms with Crippen LogP contribution in [-0.4, -0.2) is 47.1 Å². The van der Waals surface area contributed by atoms with Crippen LogP contribution in [0, 0.1) is 5.82 Å². The largest absolute Gasteiger partial charge is 0.497 e. The van der Waals surface area contributed by atoms with Crippen molar-refractivity contribution in [2.45, 2.75) is 44.3 Å². The van der Waals surface area contributed by atoms with E-state index in [2.05, 4.69) is 15.6 Å². The molecule has 0 unspecified atom stereocenters. The maximum Gasteiger partial charge on any atom is 0.249 e. The van der Waals surface area contributed by atoms with E-state index in [1.165, 1.54) is 42.0 Å². The molecular formula is C29H30FN5O4. The van der Waals surface area contributed by atoms with Crippen LogP contribution in [0.2, 0.25) is 0 Å². The first kappa shape index (κ1) is 26.1. The molecule has 3 aromatic carbocycles. The third-order valence-electron chi connectivity index (χ3n) is 7.00. The minimum absolute atomic E-state index is 0.00652. The summed E-state index contributed by atoms with van der Waals surface area (Å²) < 4.78 is 27.0. The Morgan fingerprint density at radius 3 is 2.59 bits per heavy atom. The topological polar surface area (TPSA) is 98.6 Å². The van der Waals surface area contributed by atoms with Gasteiger partial charge in [-0.1, -0.05) is 36.3 Å². The smallest absolute Gasteiger partial charge is 0.249 e. The molecule has 9 nitrogen and oxygen atoms in total. The Morgan fingerprint density at radius 2 is 1.85 bits per heavy atom. The zero-order valence-corrected chi connectivity index (χ0v) is 21.8. The molecule has 10 heteroatoms. The number of anilines is 1. The Bertz CT molecular complexity index is 1480. The van der Waals surface area contributed by atoms with Crippen molar-refractivity contribution in [2.75, 3.05) is 19.1 Å². The van der Waals surface area contributed by atoms with Gasteiger partial charge >= 0.3 is 0 Å².